The third-order valence-electron chi connectivity index (χ3n) is 3.21. The molecule has 3 rings (SSSR count). The van der Waals surface area contributed by atoms with Crippen molar-refractivity contribution in [2.75, 3.05) is 19.4 Å². The number of rotatable bonds is 3. The van der Waals surface area contributed by atoms with Gasteiger partial charge in [-0.3, -0.25) is 0 Å². The minimum Gasteiger partial charge on any atom is -0.371 e. The number of aromatic nitrogens is 2. The van der Waals surface area contributed by atoms with Crippen LogP contribution in [-0.4, -0.2) is 37.4 Å². The number of benzene rings is 1. The summed E-state index contributed by atoms with van der Waals surface area (Å²) >= 11 is 0. The molecule has 108 valence electrons. The van der Waals surface area contributed by atoms with Crippen LogP contribution >= 0.6 is 0 Å². The van der Waals surface area contributed by atoms with E-state index >= 15 is 0 Å². The van der Waals surface area contributed by atoms with Gasteiger partial charge in [0.25, 0.3) is 0 Å². The van der Waals surface area contributed by atoms with E-state index in [2.05, 4.69) is 9.71 Å². The Bertz CT molecular complexity index is 757. The molecule has 2 aromatic rings. The van der Waals surface area contributed by atoms with Crippen LogP contribution in [0.1, 0.15) is 11.9 Å². The van der Waals surface area contributed by atoms with Crippen molar-refractivity contribution in [3.8, 4) is 0 Å². The average molecular weight is 299 g/mol. The van der Waals surface area contributed by atoms with Gasteiger partial charge in [0.2, 0.25) is 10.0 Å². The Balaban J connectivity index is 2.00. The molecule has 1 aliphatic heterocycles. The third-order valence-corrected chi connectivity index (χ3v) is 3.90. The van der Waals surface area contributed by atoms with Gasteiger partial charge in [-0.2, -0.15) is 0 Å². The second kappa shape index (κ2) is 4.80. The maximum atomic E-state index is 13.2. The lowest BCUT2D eigenvalue weighted by Crippen LogP contribution is -2.35. The highest BCUT2D eigenvalue weighted by molar-refractivity contribution is 7.88. The lowest BCUT2D eigenvalue weighted by molar-refractivity contribution is 0.0581. The van der Waals surface area contributed by atoms with Gasteiger partial charge in [0.05, 0.1) is 29.9 Å². The number of fused-ring (bicyclic) bond motifs is 3. The van der Waals surface area contributed by atoms with Gasteiger partial charge in [-0.05, 0) is 12.1 Å². The molecule has 0 fully saturated rings. The first-order valence-electron chi connectivity index (χ1n) is 6.13. The van der Waals surface area contributed by atoms with Crippen LogP contribution in [0.2, 0.25) is 0 Å². The minimum absolute atomic E-state index is 0.191. The largest absolute Gasteiger partial charge is 0.371 e. The minimum atomic E-state index is -3.27. The van der Waals surface area contributed by atoms with E-state index in [4.69, 9.17) is 4.74 Å². The van der Waals surface area contributed by atoms with Crippen molar-refractivity contribution in [3.05, 3.63) is 29.8 Å². The number of nitrogens with zero attached hydrogens (tertiary/aromatic N) is 2. The van der Waals surface area contributed by atoms with Crippen LogP contribution in [0.3, 0.4) is 0 Å². The maximum absolute atomic E-state index is 13.2. The molecule has 1 aromatic carbocycles. The van der Waals surface area contributed by atoms with E-state index < -0.39 is 10.0 Å². The van der Waals surface area contributed by atoms with E-state index in [0.29, 0.717) is 24.6 Å². The Hall–Kier alpha value is -1.51. The summed E-state index contributed by atoms with van der Waals surface area (Å²) in [6, 6.07) is 4.19. The molecule has 0 saturated heterocycles. The smallest absolute Gasteiger partial charge is 0.208 e. The molecule has 20 heavy (non-hydrogen) atoms. The summed E-state index contributed by atoms with van der Waals surface area (Å²) in [4.78, 5) is 4.33. The van der Waals surface area contributed by atoms with Gasteiger partial charge in [-0.25, -0.2) is 22.5 Å². The molecule has 0 bridgehead atoms. The van der Waals surface area contributed by atoms with Crippen LogP contribution < -0.4 is 4.72 Å². The highest BCUT2D eigenvalue weighted by atomic mass is 32.2. The van der Waals surface area contributed by atoms with Crippen molar-refractivity contribution in [2.24, 2.45) is 0 Å². The van der Waals surface area contributed by atoms with Crippen molar-refractivity contribution in [1.82, 2.24) is 14.3 Å². The molecule has 0 saturated carbocycles. The fourth-order valence-electron chi connectivity index (χ4n) is 2.39. The predicted molar refractivity (Wildman–Crippen MR) is 71.2 cm³/mol. The number of hydrogen-bond donors (Lipinski definition) is 1. The topological polar surface area (TPSA) is 73.2 Å². The molecule has 6 nitrogen and oxygen atoms in total. The van der Waals surface area contributed by atoms with Crippen LogP contribution in [0.25, 0.3) is 11.0 Å². The fraction of sp³-hybridized carbons (Fsp3) is 0.417. The van der Waals surface area contributed by atoms with E-state index in [1.165, 1.54) is 12.1 Å². The van der Waals surface area contributed by atoms with Crippen LogP contribution in [0.4, 0.5) is 4.39 Å². The summed E-state index contributed by atoms with van der Waals surface area (Å²) in [6.45, 7) is 0.943. The average Bonchev–Trinajstić information content (AvgIpc) is 2.73. The summed E-state index contributed by atoms with van der Waals surface area (Å²) in [7, 11) is -3.27. The molecule has 8 heteroatoms. The van der Waals surface area contributed by atoms with Crippen molar-refractivity contribution in [2.45, 2.75) is 12.6 Å². The molecule has 2 heterocycles. The zero-order chi connectivity index (χ0) is 14.3. The Labute approximate surface area is 115 Å². The molecule has 1 N–H and O–H groups in total. The number of ether oxygens (including phenoxy) is 1. The van der Waals surface area contributed by atoms with Crippen LogP contribution in [-0.2, 0) is 21.4 Å². The van der Waals surface area contributed by atoms with Crippen molar-refractivity contribution in [3.63, 3.8) is 0 Å². The zero-order valence-corrected chi connectivity index (χ0v) is 11.7. The van der Waals surface area contributed by atoms with Crippen LogP contribution in [0.15, 0.2) is 18.2 Å². The molecule has 0 radical (unpaired) electrons. The first-order chi connectivity index (χ1) is 9.44. The number of imidazole rings is 1. The van der Waals surface area contributed by atoms with E-state index in [1.807, 2.05) is 4.57 Å². The van der Waals surface area contributed by atoms with Gasteiger partial charge in [0.1, 0.15) is 18.2 Å². The summed E-state index contributed by atoms with van der Waals surface area (Å²) in [5.74, 6) is 0.330. The molecule has 1 atom stereocenters. The Morgan fingerprint density at radius 3 is 3.10 bits per heavy atom. The first-order valence-corrected chi connectivity index (χ1v) is 8.02. The molecule has 0 amide bonds. The SMILES string of the molecule is CS(=O)(=O)NC[C@H]1COCc2nc3cc(F)ccc3n21. The normalized spacial score (nSPS) is 19.2. The Morgan fingerprint density at radius 2 is 2.35 bits per heavy atom. The zero-order valence-electron chi connectivity index (χ0n) is 10.8. The van der Waals surface area contributed by atoms with E-state index in [0.717, 1.165) is 11.8 Å². The van der Waals surface area contributed by atoms with E-state index in [-0.39, 0.29) is 18.4 Å². The molecule has 1 aliphatic rings. The van der Waals surface area contributed by atoms with Gasteiger partial charge in [-0.15, -0.1) is 0 Å². The Morgan fingerprint density at radius 1 is 1.55 bits per heavy atom. The quantitative estimate of drug-likeness (QED) is 0.909. The highest BCUT2D eigenvalue weighted by Crippen LogP contribution is 2.26. The van der Waals surface area contributed by atoms with Gasteiger partial charge >= 0.3 is 0 Å². The first kappa shape index (κ1) is 13.5. The second-order valence-corrected chi connectivity index (χ2v) is 6.65. The monoisotopic (exact) mass is 299 g/mol. The summed E-state index contributed by atoms with van der Waals surface area (Å²) in [6.07, 6.45) is 1.11. The van der Waals surface area contributed by atoms with Gasteiger partial charge in [-0.1, -0.05) is 0 Å². The molecular formula is C12H14FN3O3S. The molecule has 0 spiro atoms. The van der Waals surface area contributed by atoms with Crippen molar-refractivity contribution < 1.29 is 17.5 Å². The van der Waals surface area contributed by atoms with Crippen molar-refractivity contribution >= 4 is 21.1 Å². The van der Waals surface area contributed by atoms with E-state index in [1.54, 1.807) is 6.07 Å². The third kappa shape index (κ3) is 2.54. The summed E-state index contributed by atoms with van der Waals surface area (Å²) in [5, 5.41) is 0. The molecular weight excluding hydrogens is 285 g/mol. The molecule has 0 unspecified atom stereocenters. The fourth-order valence-corrected chi connectivity index (χ4v) is 2.88. The number of halogens is 1. The number of sulfonamides is 1. The summed E-state index contributed by atoms with van der Waals surface area (Å²) < 4.78 is 45.4. The standard InChI is InChI=1S/C12H14FN3O3S/c1-20(17,18)14-5-9-6-19-7-12-15-10-4-8(13)2-3-11(10)16(9)12/h2-4,9,14H,5-7H2,1H3/t9-/m0/s1. The lowest BCUT2D eigenvalue weighted by atomic mass is 10.2. The number of hydrogen-bond acceptors (Lipinski definition) is 4. The van der Waals surface area contributed by atoms with Crippen molar-refractivity contribution in [1.29, 1.82) is 0 Å². The Kier molecular flexibility index (Phi) is 3.23. The van der Waals surface area contributed by atoms with Crippen LogP contribution in [0, 0.1) is 5.82 Å². The van der Waals surface area contributed by atoms with Gasteiger partial charge in [0.15, 0.2) is 0 Å². The van der Waals surface area contributed by atoms with Crippen LogP contribution in [0.5, 0.6) is 0 Å². The molecule has 0 aliphatic carbocycles. The summed E-state index contributed by atoms with van der Waals surface area (Å²) in [5.41, 5.74) is 1.33. The second-order valence-electron chi connectivity index (χ2n) is 4.82. The van der Waals surface area contributed by atoms with Gasteiger partial charge < -0.3 is 9.30 Å². The maximum Gasteiger partial charge on any atom is 0.208 e. The predicted octanol–water partition coefficient (Wildman–Crippen LogP) is 0.796. The number of nitrogens with one attached hydrogen (secondary N) is 1. The molecule has 1 aromatic heterocycles. The van der Waals surface area contributed by atoms with Gasteiger partial charge in [0, 0.05) is 12.6 Å². The highest BCUT2D eigenvalue weighted by Gasteiger charge is 2.24. The lowest BCUT2D eigenvalue weighted by Gasteiger charge is -2.26. The van der Waals surface area contributed by atoms with E-state index in [9.17, 15) is 12.8 Å².